The highest BCUT2D eigenvalue weighted by Crippen LogP contribution is 2.21. The Bertz CT molecular complexity index is 149. The fourth-order valence-electron chi connectivity index (χ4n) is 0.300. The van der Waals surface area contributed by atoms with Crippen molar-refractivity contribution in [3.63, 3.8) is 0 Å². The quantitative estimate of drug-likeness (QED) is 0.435. The van der Waals surface area contributed by atoms with E-state index in [-0.39, 0.29) is 0 Å². The zero-order valence-corrected chi connectivity index (χ0v) is 4.20. The molecule has 2 heteroatoms. The van der Waals surface area contributed by atoms with Crippen LogP contribution in [0.1, 0.15) is 12.8 Å². The SMILES string of the molecule is C#S(=O)C1CC1. The van der Waals surface area contributed by atoms with E-state index in [9.17, 15) is 4.21 Å². The van der Waals surface area contributed by atoms with Gasteiger partial charge in [-0.3, -0.25) is 0 Å². The smallest absolute Gasteiger partial charge is 0.0556 e. The monoisotopic (exact) mass is 102 g/mol. The summed E-state index contributed by atoms with van der Waals surface area (Å²) in [5.41, 5.74) is 4.97. The summed E-state index contributed by atoms with van der Waals surface area (Å²) in [4.78, 5) is 0. The second-order valence-corrected chi connectivity index (χ2v) is 2.85. The van der Waals surface area contributed by atoms with Gasteiger partial charge in [0.25, 0.3) is 0 Å². The first-order valence-electron chi connectivity index (χ1n) is 1.95. The lowest BCUT2D eigenvalue weighted by Gasteiger charge is -1.63. The molecule has 34 valence electrons. The topological polar surface area (TPSA) is 17.1 Å². The lowest BCUT2D eigenvalue weighted by atomic mass is 11.0. The summed E-state index contributed by atoms with van der Waals surface area (Å²) >= 11 is 0. The van der Waals surface area contributed by atoms with Crippen molar-refractivity contribution in [2.24, 2.45) is 0 Å². The lowest BCUT2D eigenvalue weighted by Crippen LogP contribution is -1.74. The Morgan fingerprint density at radius 3 is 2.17 bits per heavy atom. The van der Waals surface area contributed by atoms with Gasteiger partial charge in [0.1, 0.15) is 0 Å². The molecule has 0 spiro atoms. The van der Waals surface area contributed by atoms with Crippen molar-refractivity contribution in [2.45, 2.75) is 18.1 Å². The molecule has 0 amide bonds. The summed E-state index contributed by atoms with van der Waals surface area (Å²) < 4.78 is 10.1. The molecule has 0 N–H and O–H groups in total. The van der Waals surface area contributed by atoms with Crippen molar-refractivity contribution in [1.82, 2.24) is 0 Å². The Labute approximate surface area is 39.0 Å². The van der Waals surface area contributed by atoms with E-state index in [2.05, 4.69) is 0 Å². The molecule has 0 bridgehead atoms. The standard InChI is InChI=1S/C4H6OS/c1-6(5)4-2-3-4/h1,4H,2-3H2. The van der Waals surface area contributed by atoms with Gasteiger partial charge in [0, 0.05) is 10.2 Å². The Balaban J connectivity index is 2.60. The fraction of sp³-hybridized carbons (Fsp3) is 0.750. The molecule has 0 aromatic carbocycles. The van der Waals surface area contributed by atoms with Gasteiger partial charge in [0.2, 0.25) is 0 Å². The molecule has 0 aromatic rings. The average Bonchev–Trinajstić information content (AvgIpc) is 2.06. The summed E-state index contributed by atoms with van der Waals surface area (Å²) in [5, 5.41) is 0.352. The molecule has 1 fully saturated rings. The maximum absolute atomic E-state index is 10.1. The molecular weight excluding hydrogens is 96.1 g/mol. The van der Waals surface area contributed by atoms with Crippen LogP contribution in [0.25, 0.3) is 0 Å². The molecule has 0 aliphatic heterocycles. The van der Waals surface area contributed by atoms with Crippen molar-refractivity contribution in [3.05, 3.63) is 0 Å². The van der Waals surface area contributed by atoms with Crippen LogP contribution in [0.3, 0.4) is 0 Å². The second-order valence-electron chi connectivity index (χ2n) is 1.53. The maximum Gasteiger partial charge on any atom is 0.0556 e. The zero-order valence-electron chi connectivity index (χ0n) is 3.39. The van der Waals surface area contributed by atoms with Gasteiger partial charge in [-0.05, 0) is 12.8 Å². The van der Waals surface area contributed by atoms with Crippen LogP contribution in [0.2, 0.25) is 0 Å². The molecular formula is C4H6OS. The molecule has 6 heavy (non-hydrogen) atoms. The van der Waals surface area contributed by atoms with Crippen molar-refractivity contribution in [2.75, 3.05) is 0 Å². The van der Waals surface area contributed by atoms with Gasteiger partial charge >= 0.3 is 0 Å². The molecule has 1 nitrogen and oxygen atoms in total. The van der Waals surface area contributed by atoms with Crippen LogP contribution in [-0.2, 0) is 10.2 Å². The molecule has 1 aliphatic carbocycles. The molecule has 0 radical (unpaired) electrons. The first-order chi connectivity index (χ1) is 2.80. The van der Waals surface area contributed by atoms with E-state index in [1.807, 2.05) is 0 Å². The predicted molar refractivity (Wildman–Crippen MR) is 26.1 cm³/mol. The van der Waals surface area contributed by atoms with Crippen LogP contribution in [0.4, 0.5) is 0 Å². The third-order valence-electron chi connectivity index (χ3n) is 0.853. The zero-order chi connectivity index (χ0) is 4.57. The van der Waals surface area contributed by atoms with Crippen LogP contribution in [0.5, 0.6) is 0 Å². The Morgan fingerprint density at radius 1 is 1.67 bits per heavy atom. The molecule has 1 rings (SSSR count). The average molecular weight is 102 g/mol. The first kappa shape index (κ1) is 3.97. The Kier molecular flexibility index (Phi) is 0.754. The minimum absolute atomic E-state index is 0.352. The van der Waals surface area contributed by atoms with Crippen molar-refractivity contribution in [1.29, 1.82) is 0 Å². The van der Waals surface area contributed by atoms with Gasteiger partial charge < -0.3 is 0 Å². The molecule has 0 heterocycles. The van der Waals surface area contributed by atoms with Crippen LogP contribution in [0.15, 0.2) is 0 Å². The molecule has 1 aliphatic rings. The molecule has 0 unspecified atom stereocenters. The maximum atomic E-state index is 10.1. The third-order valence-corrected chi connectivity index (χ3v) is 1.98. The Morgan fingerprint density at radius 2 is 2.17 bits per heavy atom. The first-order valence-corrected chi connectivity index (χ1v) is 3.23. The molecule has 0 saturated heterocycles. The van der Waals surface area contributed by atoms with E-state index < -0.39 is 10.2 Å². The van der Waals surface area contributed by atoms with E-state index in [1.54, 1.807) is 0 Å². The molecule has 0 atom stereocenters. The second kappa shape index (κ2) is 1.14. The Hall–Kier alpha value is -0.200. The van der Waals surface area contributed by atoms with E-state index in [1.165, 1.54) is 0 Å². The van der Waals surface area contributed by atoms with E-state index in [4.69, 9.17) is 5.69 Å². The van der Waals surface area contributed by atoms with Crippen molar-refractivity contribution < 1.29 is 4.21 Å². The lowest BCUT2D eigenvalue weighted by molar-refractivity contribution is 0.692. The van der Waals surface area contributed by atoms with E-state index in [0.717, 1.165) is 12.8 Å². The van der Waals surface area contributed by atoms with Gasteiger partial charge in [-0.1, -0.05) is 5.69 Å². The van der Waals surface area contributed by atoms with Gasteiger partial charge in [-0.2, -0.15) is 0 Å². The number of rotatable bonds is 0. The summed E-state index contributed by atoms with van der Waals surface area (Å²) in [7, 11) is -1.01. The van der Waals surface area contributed by atoms with Crippen LogP contribution < -0.4 is 0 Å². The van der Waals surface area contributed by atoms with Crippen LogP contribution in [-0.4, -0.2) is 9.46 Å². The highest BCUT2D eigenvalue weighted by atomic mass is 32.2. The third kappa shape index (κ3) is 0.644. The van der Waals surface area contributed by atoms with Crippen molar-refractivity contribution in [3.8, 4) is 5.69 Å². The number of hydrogen-bond donors (Lipinski definition) is 0. The van der Waals surface area contributed by atoms with Gasteiger partial charge in [-0.15, -0.1) is 0 Å². The summed E-state index contributed by atoms with van der Waals surface area (Å²) in [5.74, 6) is 0. The highest BCUT2D eigenvalue weighted by Gasteiger charge is 2.21. The van der Waals surface area contributed by atoms with E-state index >= 15 is 0 Å². The molecule has 0 aromatic heterocycles. The summed E-state index contributed by atoms with van der Waals surface area (Å²) in [6, 6.07) is 0. The largest absolute Gasteiger partial charge is 0.222 e. The van der Waals surface area contributed by atoms with Crippen LogP contribution >= 0.6 is 0 Å². The van der Waals surface area contributed by atoms with Gasteiger partial charge in [0.05, 0.1) is 5.25 Å². The van der Waals surface area contributed by atoms with E-state index in [0.29, 0.717) is 5.25 Å². The van der Waals surface area contributed by atoms with Gasteiger partial charge in [-0.25, -0.2) is 4.21 Å². The van der Waals surface area contributed by atoms with Gasteiger partial charge in [0.15, 0.2) is 0 Å². The van der Waals surface area contributed by atoms with Crippen molar-refractivity contribution >= 4 is 10.2 Å². The summed E-state index contributed by atoms with van der Waals surface area (Å²) in [6.07, 6.45) is 2.15. The summed E-state index contributed by atoms with van der Waals surface area (Å²) in [6.45, 7) is 0. The predicted octanol–water partition coefficient (Wildman–Crippen LogP) is 0.487. The highest BCUT2D eigenvalue weighted by molar-refractivity contribution is 7.74. The molecule has 1 saturated carbocycles. The minimum atomic E-state index is -1.01. The number of hydrogen-bond acceptors (Lipinski definition) is 1. The van der Waals surface area contributed by atoms with Crippen LogP contribution in [0, 0.1) is 5.69 Å². The normalized spacial score (nSPS) is 20.5. The minimum Gasteiger partial charge on any atom is -0.222 e. The fourth-order valence-corrected chi connectivity index (χ4v) is 0.901.